The molecule has 0 aromatic heterocycles. The lowest BCUT2D eigenvalue weighted by Gasteiger charge is -2.43. The molecule has 1 atom stereocenters. The molecule has 2 rings (SSSR count). The molecule has 0 bridgehead atoms. The van der Waals surface area contributed by atoms with Crippen LogP contribution in [0.1, 0.15) is 59.8 Å². The summed E-state index contributed by atoms with van der Waals surface area (Å²) >= 11 is 0. The van der Waals surface area contributed by atoms with Gasteiger partial charge in [-0.1, -0.05) is 27.7 Å². The zero-order valence-electron chi connectivity index (χ0n) is 15.8. The lowest BCUT2D eigenvalue weighted by molar-refractivity contribution is -0.146. The van der Waals surface area contributed by atoms with E-state index >= 15 is 0 Å². The van der Waals surface area contributed by atoms with Gasteiger partial charge in [0.1, 0.15) is 0 Å². The second-order valence-electron chi connectivity index (χ2n) is 8.68. The van der Waals surface area contributed by atoms with Crippen LogP contribution in [0, 0.1) is 16.7 Å². The number of carbonyl (C=O) groups excluding carboxylic acids is 2. The van der Waals surface area contributed by atoms with Crippen LogP contribution in [0.3, 0.4) is 0 Å². The predicted molar refractivity (Wildman–Crippen MR) is 94.4 cm³/mol. The van der Waals surface area contributed by atoms with Crippen LogP contribution in [-0.4, -0.2) is 59.5 Å². The van der Waals surface area contributed by atoms with Crippen molar-refractivity contribution in [1.82, 2.24) is 9.80 Å². The Morgan fingerprint density at radius 2 is 1.75 bits per heavy atom. The van der Waals surface area contributed by atoms with E-state index in [1.54, 1.807) is 0 Å². The molecular formula is C19H34N2O3. The highest BCUT2D eigenvalue weighted by Crippen LogP contribution is 2.35. The zero-order chi connectivity index (χ0) is 18.0. The van der Waals surface area contributed by atoms with Gasteiger partial charge in [0.15, 0.2) is 0 Å². The van der Waals surface area contributed by atoms with Gasteiger partial charge >= 0.3 is 0 Å². The van der Waals surface area contributed by atoms with Gasteiger partial charge in [-0.25, -0.2) is 0 Å². The molecule has 2 fully saturated rings. The summed E-state index contributed by atoms with van der Waals surface area (Å²) in [5.74, 6) is 0.279. The number of aliphatic hydroxyl groups is 1. The van der Waals surface area contributed by atoms with Crippen molar-refractivity contribution >= 4 is 11.8 Å². The van der Waals surface area contributed by atoms with Gasteiger partial charge in [-0.3, -0.25) is 9.59 Å². The fourth-order valence-electron chi connectivity index (χ4n) is 3.92. The number of piperidine rings is 2. The van der Waals surface area contributed by atoms with Gasteiger partial charge in [-0.2, -0.15) is 0 Å². The Bertz CT molecular complexity index is 456. The van der Waals surface area contributed by atoms with Crippen LogP contribution < -0.4 is 0 Å². The summed E-state index contributed by atoms with van der Waals surface area (Å²) in [4.78, 5) is 29.2. The normalized spacial score (nSPS) is 24.8. The molecule has 0 spiro atoms. The molecule has 1 unspecified atom stereocenters. The van der Waals surface area contributed by atoms with Gasteiger partial charge in [-0.05, 0) is 37.5 Å². The van der Waals surface area contributed by atoms with Gasteiger partial charge in [-0.15, -0.1) is 0 Å². The van der Waals surface area contributed by atoms with Gasteiger partial charge in [0.25, 0.3) is 0 Å². The molecule has 0 aromatic carbocycles. The highest BCUT2D eigenvalue weighted by Gasteiger charge is 2.38. The molecule has 0 aliphatic carbocycles. The van der Waals surface area contributed by atoms with Crippen LogP contribution >= 0.6 is 0 Å². The first kappa shape index (κ1) is 19.2. The number of amides is 2. The first-order valence-corrected chi connectivity index (χ1v) is 9.41. The van der Waals surface area contributed by atoms with E-state index in [1.165, 1.54) is 0 Å². The first-order chi connectivity index (χ1) is 11.2. The van der Waals surface area contributed by atoms with Gasteiger partial charge in [0, 0.05) is 38.2 Å². The SMILES string of the molecule is CCC1(CO)CCN(C(=O)C2CCCN(C(=O)C(C)(C)C)C2)CC1. The third-order valence-corrected chi connectivity index (χ3v) is 5.92. The minimum atomic E-state index is -0.391. The maximum Gasteiger partial charge on any atom is 0.227 e. The highest BCUT2D eigenvalue weighted by molar-refractivity contribution is 5.84. The van der Waals surface area contributed by atoms with Crippen LogP contribution in [-0.2, 0) is 9.59 Å². The van der Waals surface area contributed by atoms with Crippen LogP contribution in [0.4, 0.5) is 0 Å². The Morgan fingerprint density at radius 3 is 2.25 bits per heavy atom. The van der Waals surface area contributed by atoms with E-state index in [4.69, 9.17) is 0 Å². The molecule has 2 amide bonds. The number of hydrogen-bond donors (Lipinski definition) is 1. The number of rotatable bonds is 3. The first-order valence-electron chi connectivity index (χ1n) is 9.41. The monoisotopic (exact) mass is 338 g/mol. The summed E-state index contributed by atoms with van der Waals surface area (Å²) in [7, 11) is 0. The maximum atomic E-state index is 12.9. The molecule has 2 saturated heterocycles. The average Bonchev–Trinajstić information content (AvgIpc) is 2.60. The molecule has 0 saturated carbocycles. The van der Waals surface area contributed by atoms with Crippen molar-refractivity contribution in [3.63, 3.8) is 0 Å². The van der Waals surface area contributed by atoms with Crippen LogP contribution in [0.5, 0.6) is 0 Å². The van der Waals surface area contributed by atoms with E-state index in [9.17, 15) is 14.7 Å². The smallest absolute Gasteiger partial charge is 0.227 e. The number of aliphatic hydroxyl groups excluding tert-OH is 1. The minimum Gasteiger partial charge on any atom is -0.396 e. The van der Waals surface area contributed by atoms with Crippen molar-refractivity contribution in [2.24, 2.45) is 16.7 Å². The van der Waals surface area contributed by atoms with Crippen molar-refractivity contribution in [3.8, 4) is 0 Å². The molecule has 0 radical (unpaired) electrons. The van der Waals surface area contributed by atoms with Crippen LogP contribution in [0.25, 0.3) is 0 Å². The van der Waals surface area contributed by atoms with Crippen molar-refractivity contribution in [2.75, 3.05) is 32.8 Å². The molecule has 24 heavy (non-hydrogen) atoms. The average molecular weight is 338 g/mol. The third-order valence-electron chi connectivity index (χ3n) is 5.92. The zero-order valence-corrected chi connectivity index (χ0v) is 15.8. The fourth-order valence-corrected chi connectivity index (χ4v) is 3.92. The summed E-state index contributed by atoms with van der Waals surface area (Å²) in [6.07, 6.45) is 4.50. The van der Waals surface area contributed by atoms with Gasteiger partial charge in [0.05, 0.1) is 5.92 Å². The molecule has 2 heterocycles. The summed E-state index contributed by atoms with van der Waals surface area (Å²) in [6, 6.07) is 0. The second-order valence-corrected chi connectivity index (χ2v) is 8.68. The molecule has 5 nitrogen and oxygen atoms in total. The van der Waals surface area contributed by atoms with E-state index in [0.29, 0.717) is 6.54 Å². The van der Waals surface area contributed by atoms with E-state index in [-0.39, 0.29) is 29.8 Å². The number of likely N-dealkylation sites (tertiary alicyclic amines) is 2. The Kier molecular flexibility index (Phi) is 5.95. The van der Waals surface area contributed by atoms with E-state index in [1.807, 2.05) is 30.6 Å². The highest BCUT2D eigenvalue weighted by atomic mass is 16.3. The molecule has 1 N–H and O–H groups in total. The number of hydrogen-bond acceptors (Lipinski definition) is 3. The molecule has 5 heteroatoms. The molecular weight excluding hydrogens is 304 g/mol. The summed E-state index contributed by atoms with van der Waals surface area (Å²) in [5, 5.41) is 9.64. The lowest BCUT2D eigenvalue weighted by atomic mass is 9.76. The Morgan fingerprint density at radius 1 is 1.12 bits per heavy atom. The molecule has 138 valence electrons. The Hall–Kier alpha value is -1.10. The molecule has 2 aliphatic rings. The maximum absolute atomic E-state index is 12.9. The predicted octanol–water partition coefficient (Wildman–Crippen LogP) is 2.28. The largest absolute Gasteiger partial charge is 0.396 e. The van der Waals surface area contributed by atoms with E-state index in [0.717, 1.165) is 51.7 Å². The summed E-state index contributed by atoms with van der Waals surface area (Å²) in [6.45, 7) is 10.9. The fraction of sp³-hybridized carbons (Fsp3) is 0.895. The standard InChI is InChI=1S/C19H34N2O3/c1-5-19(14-22)8-11-20(12-9-19)16(23)15-7-6-10-21(13-15)17(24)18(2,3)4/h15,22H,5-14H2,1-4H3. The van der Waals surface area contributed by atoms with Gasteiger partial charge < -0.3 is 14.9 Å². The molecule has 0 aromatic rings. The van der Waals surface area contributed by atoms with E-state index < -0.39 is 5.41 Å². The second kappa shape index (κ2) is 7.42. The van der Waals surface area contributed by atoms with Crippen molar-refractivity contribution in [1.29, 1.82) is 0 Å². The number of carbonyl (C=O) groups is 2. The van der Waals surface area contributed by atoms with Crippen molar-refractivity contribution in [3.05, 3.63) is 0 Å². The van der Waals surface area contributed by atoms with E-state index in [2.05, 4.69) is 6.92 Å². The van der Waals surface area contributed by atoms with Crippen molar-refractivity contribution in [2.45, 2.75) is 59.8 Å². The summed E-state index contributed by atoms with van der Waals surface area (Å²) in [5.41, 5.74) is -0.393. The van der Waals surface area contributed by atoms with Crippen molar-refractivity contribution < 1.29 is 14.7 Å². The van der Waals surface area contributed by atoms with Crippen LogP contribution in [0.2, 0.25) is 0 Å². The number of nitrogens with zero attached hydrogens (tertiary/aromatic N) is 2. The van der Waals surface area contributed by atoms with Crippen LogP contribution in [0.15, 0.2) is 0 Å². The topological polar surface area (TPSA) is 60.9 Å². The minimum absolute atomic E-state index is 0.00240. The third kappa shape index (κ3) is 4.11. The lowest BCUT2D eigenvalue weighted by Crippen LogP contribution is -2.51. The Labute approximate surface area is 146 Å². The summed E-state index contributed by atoms with van der Waals surface area (Å²) < 4.78 is 0. The molecule has 2 aliphatic heterocycles. The Balaban J connectivity index is 1.94. The quantitative estimate of drug-likeness (QED) is 0.859. The van der Waals surface area contributed by atoms with Gasteiger partial charge in [0.2, 0.25) is 11.8 Å².